The molecule has 4 aromatic rings. The quantitative estimate of drug-likeness (QED) is 0.346. The average molecular weight is 478 g/mol. The van der Waals surface area contributed by atoms with Gasteiger partial charge in [0.25, 0.3) is 0 Å². The maximum Gasteiger partial charge on any atom is 0.226 e. The summed E-state index contributed by atoms with van der Waals surface area (Å²) in [5.74, 6) is 3.58. The molecule has 0 atom stereocenters. The van der Waals surface area contributed by atoms with E-state index in [1.165, 1.54) is 11.8 Å². The first-order valence-electron chi connectivity index (χ1n) is 11.3. The van der Waals surface area contributed by atoms with Gasteiger partial charge in [0.05, 0.1) is 19.3 Å². The van der Waals surface area contributed by atoms with Crippen LogP contribution < -0.4 is 10.2 Å². The summed E-state index contributed by atoms with van der Waals surface area (Å²) in [6.45, 7) is 4.57. The van der Waals surface area contributed by atoms with Gasteiger partial charge in [0, 0.05) is 28.3 Å². The topological polar surface area (TPSA) is 95.8 Å². The Morgan fingerprint density at radius 2 is 1.91 bits per heavy atom. The molecule has 34 heavy (non-hydrogen) atoms. The van der Waals surface area contributed by atoms with Crippen LogP contribution >= 0.6 is 11.8 Å². The lowest BCUT2D eigenvalue weighted by Crippen LogP contribution is -2.60. The third-order valence-electron chi connectivity index (χ3n) is 6.13. The van der Waals surface area contributed by atoms with Crippen LogP contribution in [0.1, 0.15) is 24.3 Å². The molecule has 1 aliphatic carbocycles. The van der Waals surface area contributed by atoms with Gasteiger partial charge in [0.15, 0.2) is 11.0 Å². The molecule has 0 radical (unpaired) electrons. The van der Waals surface area contributed by atoms with Crippen molar-refractivity contribution in [1.82, 2.24) is 25.1 Å². The number of anilines is 3. The smallest absolute Gasteiger partial charge is 0.226 e. The lowest BCUT2D eigenvalue weighted by atomic mass is 9.91. The number of alkyl halides is 1. The molecular formula is C24H24FN7OS. The van der Waals surface area contributed by atoms with Gasteiger partial charge in [-0.15, -0.1) is 0 Å². The van der Waals surface area contributed by atoms with E-state index in [-0.39, 0.29) is 5.92 Å². The minimum atomic E-state index is -1.08. The second-order valence-corrected chi connectivity index (χ2v) is 10.1. The van der Waals surface area contributed by atoms with E-state index in [9.17, 15) is 4.39 Å². The number of rotatable bonds is 7. The van der Waals surface area contributed by atoms with Crippen molar-refractivity contribution < 1.29 is 8.81 Å². The minimum Gasteiger partial charge on any atom is -0.441 e. The van der Waals surface area contributed by atoms with Crippen molar-refractivity contribution in [3.05, 3.63) is 54.0 Å². The first kappa shape index (κ1) is 21.2. The summed E-state index contributed by atoms with van der Waals surface area (Å²) < 4.78 is 20.6. The average Bonchev–Trinajstić information content (AvgIpc) is 3.45. The van der Waals surface area contributed by atoms with Gasteiger partial charge in [0.2, 0.25) is 5.89 Å². The van der Waals surface area contributed by atoms with Crippen molar-refractivity contribution in [2.45, 2.75) is 42.4 Å². The third kappa shape index (κ3) is 4.25. The molecule has 1 saturated carbocycles. The van der Waals surface area contributed by atoms with Crippen LogP contribution in [0.25, 0.3) is 11.5 Å². The molecule has 1 saturated heterocycles. The number of hydrogen-bond donors (Lipinski definition) is 2. The van der Waals surface area contributed by atoms with Crippen LogP contribution in [0.3, 0.4) is 0 Å². The van der Waals surface area contributed by atoms with Gasteiger partial charge in [-0.05, 0) is 68.6 Å². The van der Waals surface area contributed by atoms with Gasteiger partial charge in [-0.25, -0.2) is 19.3 Å². The molecule has 0 amide bonds. The Kier molecular flexibility index (Phi) is 5.05. The lowest BCUT2D eigenvalue weighted by Gasteiger charge is -2.45. The number of halogens is 1. The Bertz CT molecular complexity index is 1330. The second-order valence-electron chi connectivity index (χ2n) is 9.02. The van der Waals surface area contributed by atoms with Crippen LogP contribution in [0.4, 0.5) is 21.8 Å². The molecule has 8 nitrogen and oxygen atoms in total. The summed E-state index contributed by atoms with van der Waals surface area (Å²) in [6.07, 6.45) is 3.69. The number of oxazole rings is 1. The maximum atomic E-state index is 15.0. The summed E-state index contributed by atoms with van der Waals surface area (Å²) >= 11 is 1.45. The number of benzene rings is 1. The molecule has 2 aliphatic rings. The van der Waals surface area contributed by atoms with Crippen molar-refractivity contribution in [1.29, 1.82) is 0 Å². The van der Waals surface area contributed by atoms with E-state index in [4.69, 9.17) is 9.40 Å². The normalized spacial score (nSPS) is 17.0. The zero-order valence-corrected chi connectivity index (χ0v) is 19.7. The van der Waals surface area contributed by atoms with Gasteiger partial charge in [-0.3, -0.25) is 5.10 Å². The predicted octanol–water partition coefficient (Wildman–Crippen LogP) is 5.30. The molecular weight excluding hydrogens is 453 g/mol. The fourth-order valence-electron chi connectivity index (χ4n) is 4.17. The lowest BCUT2D eigenvalue weighted by molar-refractivity contribution is 0.0924. The van der Waals surface area contributed by atoms with Crippen molar-refractivity contribution >= 4 is 29.2 Å². The number of aryl methyl sites for hydroxylation is 2. The van der Waals surface area contributed by atoms with Crippen molar-refractivity contribution in [3.63, 3.8) is 0 Å². The molecule has 4 heterocycles. The fraction of sp³-hybridized carbons (Fsp3) is 0.333. The molecule has 0 unspecified atom stereocenters. The Labute approximate surface area is 200 Å². The van der Waals surface area contributed by atoms with Crippen molar-refractivity contribution in [2.75, 3.05) is 23.3 Å². The van der Waals surface area contributed by atoms with Gasteiger partial charge >= 0.3 is 0 Å². The Balaban J connectivity index is 1.25. The number of aromatic nitrogens is 5. The minimum absolute atomic E-state index is 0.204. The fourth-order valence-corrected chi connectivity index (χ4v) is 4.93. The third-order valence-corrected chi connectivity index (χ3v) is 7.00. The first-order valence-corrected chi connectivity index (χ1v) is 12.1. The first-order chi connectivity index (χ1) is 16.4. The Morgan fingerprint density at radius 3 is 2.56 bits per heavy atom. The summed E-state index contributed by atoms with van der Waals surface area (Å²) in [6, 6.07) is 11.7. The van der Waals surface area contributed by atoms with Crippen LogP contribution in [-0.2, 0) is 0 Å². The van der Waals surface area contributed by atoms with E-state index < -0.39 is 5.67 Å². The number of H-pyrrole nitrogens is 1. The van der Waals surface area contributed by atoms with Gasteiger partial charge in [-0.1, -0.05) is 0 Å². The number of nitrogens with zero attached hydrogens (tertiary/aromatic N) is 5. The standard InChI is InChI=1S/C24H24FN7OS/c1-14-9-20(31-30-14)27-19-10-21(32-12-24(25,13-32)17-5-6-17)29-23(28-19)34-18-7-3-16(4-8-18)22-26-11-15(2)33-22/h3-4,7-11,17H,5-6,12-13H2,1-2H3,(H2,27,28,29,30,31). The Morgan fingerprint density at radius 1 is 1.12 bits per heavy atom. The van der Waals surface area contributed by atoms with Crippen LogP contribution in [0.2, 0.25) is 0 Å². The van der Waals surface area contributed by atoms with E-state index in [0.29, 0.717) is 41.6 Å². The van der Waals surface area contributed by atoms with Gasteiger partial charge in [-0.2, -0.15) is 5.10 Å². The largest absolute Gasteiger partial charge is 0.441 e. The summed E-state index contributed by atoms with van der Waals surface area (Å²) in [4.78, 5) is 16.7. The highest BCUT2D eigenvalue weighted by Gasteiger charge is 2.54. The number of aromatic amines is 1. The monoisotopic (exact) mass is 477 g/mol. The number of hydrogen-bond acceptors (Lipinski definition) is 8. The van der Waals surface area contributed by atoms with Gasteiger partial charge < -0.3 is 14.6 Å². The predicted molar refractivity (Wildman–Crippen MR) is 128 cm³/mol. The molecule has 174 valence electrons. The highest BCUT2D eigenvalue weighted by Crippen LogP contribution is 2.48. The summed E-state index contributed by atoms with van der Waals surface area (Å²) in [7, 11) is 0. The number of nitrogens with one attached hydrogen (secondary N) is 2. The van der Waals surface area contributed by atoms with Crippen molar-refractivity contribution in [2.24, 2.45) is 5.92 Å². The maximum absolute atomic E-state index is 15.0. The van der Waals surface area contributed by atoms with E-state index >= 15 is 0 Å². The molecule has 1 aromatic carbocycles. The van der Waals surface area contributed by atoms with Crippen molar-refractivity contribution in [3.8, 4) is 11.5 Å². The zero-order valence-electron chi connectivity index (χ0n) is 18.9. The molecule has 1 aliphatic heterocycles. The molecule has 2 N–H and O–H groups in total. The van der Waals surface area contributed by atoms with Crippen LogP contribution in [0.15, 0.2) is 57.1 Å². The molecule has 0 spiro atoms. The highest BCUT2D eigenvalue weighted by atomic mass is 32.2. The molecule has 3 aromatic heterocycles. The summed E-state index contributed by atoms with van der Waals surface area (Å²) in [5.41, 5.74) is 0.768. The van der Waals surface area contributed by atoms with E-state index in [0.717, 1.165) is 34.8 Å². The molecule has 0 bridgehead atoms. The molecule has 6 rings (SSSR count). The SMILES string of the molecule is Cc1cc(Nc2cc(N3CC(F)(C4CC4)C3)nc(Sc3ccc(-c4ncc(C)o4)cc3)n2)n[nH]1. The van der Waals surface area contributed by atoms with E-state index in [1.807, 2.05) is 55.1 Å². The van der Waals surface area contributed by atoms with E-state index in [1.54, 1.807) is 6.20 Å². The second kappa shape index (κ2) is 8.12. The van der Waals surface area contributed by atoms with Gasteiger partial charge in [0.1, 0.15) is 23.1 Å². The summed E-state index contributed by atoms with van der Waals surface area (Å²) in [5, 5.41) is 11.0. The molecule has 2 fully saturated rings. The highest BCUT2D eigenvalue weighted by molar-refractivity contribution is 7.99. The van der Waals surface area contributed by atoms with Crippen LogP contribution in [-0.4, -0.2) is 43.9 Å². The van der Waals surface area contributed by atoms with Crippen LogP contribution in [0, 0.1) is 19.8 Å². The van der Waals surface area contributed by atoms with E-state index in [2.05, 4.69) is 25.5 Å². The van der Waals surface area contributed by atoms with Crippen LogP contribution in [0.5, 0.6) is 0 Å². The molecule has 10 heteroatoms. The Hall–Kier alpha value is -3.40. The zero-order chi connectivity index (χ0) is 23.3.